The van der Waals surface area contributed by atoms with Gasteiger partial charge in [0.25, 0.3) is 0 Å². The lowest BCUT2D eigenvalue weighted by atomic mass is 10.2. The first-order valence-corrected chi connectivity index (χ1v) is 10.3. The Hall–Kier alpha value is -2.57. The van der Waals surface area contributed by atoms with Gasteiger partial charge in [0, 0.05) is 50.2 Å². The minimum Gasteiger partial charge on any atom is -0.369 e. The summed E-state index contributed by atoms with van der Waals surface area (Å²) in [4.78, 5) is 11.6. The molecule has 2 N–H and O–H groups in total. The Morgan fingerprint density at radius 3 is 2.86 bits per heavy atom. The van der Waals surface area contributed by atoms with E-state index in [9.17, 15) is 0 Å². The zero-order valence-electron chi connectivity index (χ0n) is 17.2. The van der Waals surface area contributed by atoms with Crippen LogP contribution in [0, 0.1) is 0 Å². The van der Waals surface area contributed by atoms with Crippen molar-refractivity contribution in [1.82, 2.24) is 20.8 Å². The molecule has 1 aliphatic heterocycles. The molecular formula is C21H32N6O. The summed E-state index contributed by atoms with van der Waals surface area (Å²) in [6.07, 6.45) is 2.75. The number of nitrogens with zero attached hydrogens (tertiary/aromatic N) is 4. The van der Waals surface area contributed by atoms with Crippen molar-refractivity contribution in [2.45, 2.75) is 52.0 Å². The van der Waals surface area contributed by atoms with Crippen molar-refractivity contribution < 1.29 is 4.52 Å². The van der Waals surface area contributed by atoms with Crippen LogP contribution in [-0.4, -0.2) is 48.3 Å². The van der Waals surface area contributed by atoms with E-state index < -0.39 is 0 Å². The Bertz CT molecular complexity index is 742. The van der Waals surface area contributed by atoms with Gasteiger partial charge in [0.1, 0.15) is 0 Å². The molecule has 0 bridgehead atoms. The first-order chi connectivity index (χ1) is 13.7. The van der Waals surface area contributed by atoms with Crippen molar-refractivity contribution in [2.24, 2.45) is 4.99 Å². The fourth-order valence-electron chi connectivity index (χ4n) is 3.29. The van der Waals surface area contributed by atoms with E-state index >= 15 is 0 Å². The largest absolute Gasteiger partial charge is 0.369 e. The number of guanidine groups is 1. The highest BCUT2D eigenvalue weighted by Gasteiger charge is 2.23. The van der Waals surface area contributed by atoms with Gasteiger partial charge in [-0.15, -0.1) is 0 Å². The minimum absolute atomic E-state index is 0.293. The molecule has 1 aromatic heterocycles. The Morgan fingerprint density at radius 2 is 2.14 bits per heavy atom. The lowest BCUT2D eigenvalue weighted by molar-refractivity contribution is 0.369. The monoisotopic (exact) mass is 384 g/mol. The second kappa shape index (κ2) is 10.1. The summed E-state index contributed by atoms with van der Waals surface area (Å²) < 4.78 is 5.30. The molecule has 0 radical (unpaired) electrons. The molecule has 1 aliphatic rings. The maximum Gasteiger partial charge on any atom is 0.226 e. The number of nitrogens with one attached hydrogen (secondary N) is 2. The van der Waals surface area contributed by atoms with Crippen LogP contribution in [-0.2, 0) is 6.42 Å². The Kier molecular flexibility index (Phi) is 7.28. The Balaban J connectivity index is 1.46. The average Bonchev–Trinajstić information content (AvgIpc) is 3.36. The summed E-state index contributed by atoms with van der Waals surface area (Å²) >= 11 is 0. The minimum atomic E-state index is 0.293. The number of rotatable bonds is 8. The molecule has 0 spiro atoms. The van der Waals surface area contributed by atoms with E-state index in [1.54, 1.807) is 0 Å². The highest BCUT2D eigenvalue weighted by molar-refractivity contribution is 5.80. The molecule has 1 fully saturated rings. The maximum absolute atomic E-state index is 5.30. The van der Waals surface area contributed by atoms with E-state index in [0.717, 1.165) is 57.2 Å². The first-order valence-electron chi connectivity index (χ1n) is 10.3. The van der Waals surface area contributed by atoms with Gasteiger partial charge in [-0.25, -0.2) is 0 Å². The third-order valence-electron chi connectivity index (χ3n) is 4.81. The number of aliphatic imine (C=N–C) groups is 1. The van der Waals surface area contributed by atoms with Crippen LogP contribution in [0.3, 0.4) is 0 Å². The van der Waals surface area contributed by atoms with Gasteiger partial charge in [0.15, 0.2) is 11.8 Å². The summed E-state index contributed by atoms with van der Waals surface area (Å²) in [5, 5.41) is 10.9. The molecular weight excluding hydrogens is 352 g/mol. The van der Waals surface area contributed by atoms with Gasteiger partial charge in [0.2, 0.25) is 5.89 Å². The van der Waals surface area contributed by atoms with Crippen LogP contribution < -0.4 is 15.5 Å². The molecule has 28 heavy (non-hydrogen) atoms. The SMILES string of the molecule is CCNC(=NCCCc1nc(C(C)C)no1)NC1CCN(c2ccccc2)C1. The zero-order chi connectivity index (χ0) is 19.8. The van der Waals surface area contributed by atoms with Gasteiger partial charge >= 0.3 is 0 Å². The van der Waals surface area contributed by atoms with Crippen molar-refractivity contribution in [3.63, 3.8) is 0 Å². The van der Waals surface area contributed by atoms with Gasteiger partial charge in [0.05, 0.1) is 0 Å². The van der Waals surface area contributed by atoms with Gasteiger partial charge in [-0.1, -0.05) is 37.2 Å². The van der Waals surface area contributed by atoms with Crippen LogP contribution in [0.15, 0.2) is 39.8 Å². The lowest BCUT2D eigenvalue weighted by Gasteiger charge is -2.20. The van der Waals surface area contributed by atoms with Crippen LogP contribution in [0.4, 0.5) is 5.69 Å². The van der Waals surface area contributed by atoms with E-state index in [4.69, 9.17) is 9.52 Å². The highest BCUT2D eigenvalue weighted by Crippen LogP contribution is 2.19. The molecule has 0 saturated carbocycles. The molecule has 152 valence electrons. The van der Waals surface area contributed by atoms with Crippen LogP contribution >= 0.6 is 0 Å². The topological polar surface area (TPSA) is 78.6 Å². The van der Waals surface area contributed by atoms with Crippen LogP contribution in [0.25, 0.3) is 0 Å². The quantitative estimate of drug-likeness (QED) is 0.414. The molecule has 1 saturated heterocycles. The third kappa shape index (κ3) is 5.71. The molecule has 7 nitrogen and oxygen atoms in total. The summed E-state index contributed by atoms with van der Waals surface area (Å²) in [6.45, 7) is 9.86. The fourth-order valence-corrected chi connectivity index (χ4v) is 3.29. The molecule has 3 rings (SSSR count). The molecule has 0 amide bonds. The number of anilines is 1. The number of benzene rings is 1. The van der Waals surface area contributed by atoms with E-state index in [1.807, 2.05) is 0 Å². The Labute approximate surface area is 167 Å². The standard InChI is InChI=1S/C21H32N6O/c1-4-22-21(23-13-8-11-19-25-20(16(2)3)26-28-19)24-17-12-14-27(15-17)18-9-6-5-7-10-18/h5-7,9-10,16-17H,4,8,11-15H2,1-3H3,(H2,22,23,24). The van der Waals surface area contributed by atoms with Gasteiger partial charge < -0.3 is 20.1 Å². The van der Waals surface area contributed by atoms with Crippen molar-refractivity contribution in [2.75, 3.05) is 31.1 Å². The molecule has 1 aromatic carbocycles. The van der Waals surface area contributed by atoms with E-state index in [1.165, 1.54) is 5.69 Å². The van der Waals surface area contributed by atoms with Gasteiger partial charge in [-0.3, -0.25) is 4.99 Å². The zero-order valence-corrected chi connectivity index (χ0v) is 17.2. The second-order valence-electron chi connectivity index (χ2n) is 7.48. The number of para-hydroxylation sites is 1. The maximum atomic E-state index is 5.30. The second-order valence-corrected chi connectivity index (χ2v) is 7.48. The van der Waals surface area contributed by atoms with Crippen LogP contribution in [0.2, 0.25) is 0 Å². The van der Waals surface area contributed by atoms with E-state index in [0.29, 0.717) is 17.9 Å². The van der Waals surface area contributed by atoms with Crippen molar-refractivity contribution in [3.8, 4) is 0 Å². The predicted molar refractivity (Wildman–Crippen MR) is 113 cm³/mol. The molecule has 1 atom stereocenters. The highest BCUT2D eigenvalue weighted by atomic mass is 16.5. The van der Waals surface area contributed by atoms with Crippen LogP contribution in [0.5, 0.6) is 0 Å². The molecule has 0 aliphatic carbocycles. The summed E-state index contributed by atoms with van der Waals surface area (Å²) in [6, 6.07) is 11.0. The first kappa shape index (κ1) is 20.2. The third-order valence-corrected chi connectivity index (χ3v) is 4.81. The van der Waals surface area contributed by atoms with Crippen molar-refractivity contribution >= 4 is 11.6 Å². The van der Waals surface area contributed by atoms with Crippen molar-refractivity contribution in [1.29, 1.82) is 0 Å². The lowest BCUT2D eigenvalue weighted by Crippen LogP contribution is -2.44. The summed E-state index contributed by atoms with van der Waals surface area (Å²) in [7, 11) is 0. The normalized spacial score (nSPS) is 17.4. The summed E-state index contributed by atoms with van der Waals surface area (Å²) in [5.41, 5.74) is 1.29. The molecule has 2 heterocycles. The molecule has 1 unspecified atom stereocenters. The number of aromatic nitrogens is 2. The van der Waals surface area contributed by atoms with Gasteiger partial charge in [-0.2, -0.15) is 4.98 Å². The van der Waals surface area contributed by atoms with Gasteiger partial charge in [-0.05, 0) is 31.9 Å². The number of hydrogen-bond donors (Lipinski definition) is 2. The number of aryl methyl sites for hydroxylation is 1. The van der Waals surface area contributed by atoms with Crippen LogP contribution in [0.1, 0.15) is 51.2 Å². The molecule has 2 aromatic rings. The fraction of sp³-hybridized carbons (Fsp3) is 0.571. The van der Waals surface area contributed by atoms with E-state index in [2.05, 4.69) is 76.8 Å². The van der Waals surface area contributed by atoms with E-state index in [-0.39, 0.29) is 0 Å². The smallest absolute Gasteiger partial charge is 0.226 e. The molecule has 7 heteroatoms. The van der Waals surface area contributed by atoms with Crippen molar-refractivity contribution in [3.05, 3.63) is 42.0 Å². The Morgan fingerprint density at radius 1 is 1.32 bits per heavy atom. The average molecular weight is 385 g/mol. The number of hydrogen-bond acceptors (Lipinski definition) is 5. The predicted octanol–water partition coefficient (Wildman–Crippen LogP) is 2.96. The summed E-state index contributed by atoms with van der Waals surface area (Å²) in [5.74, 6) is 2.65.